The Hall–Kier alpha value is -1.47. The summed E-state index contributed by atoms with van der Waals surface area (Å²) in [4.78, 5) is 10.8. The molecule has 1 aliphatic heterocycles. The van der Waals surface area contributed by atoms with E-state index in [1.165, 1.54) is 6.20 Å². The lowest BCUT2D eigenvalue weighted by molar-refractivity contribution is -0.139. The second kappa shape index (κ2) is 4.08. The first-order valence-electron chi connectivity index (χ1n) is 5.49. The Kier molecular flexibility index (Phi) is 2.88. The Balaban J connectivity index is 2.20. The molecule has 94 valence electrons. The fourth-order valence-corrected chi connectivity index (χ4v) is 2.04. The van der Waals surface area contributed by atoms with Crippen molar-refractivity contribution in [3.05, 3.63) is 11.9 Å². The van der Waals surface area contributed by atoms with Crippen LogP contribution in [0.3, 0.4) is 0 Å². The molecule has 0 aliphatic carbocycles. The van der Waals surface area contributed by atoms with Crippen molar-refractivity contribution < 1.29 is 15.0 Å². The number of hydrogen-bond donors (Lipinski definition) is 3. The molecule has 7 nitrogen and oxygen atoms in total. The second-order valence-electron chi connectivity index (χ2n) is 4.81. The number of aliphatic carboxylic acids is 1. The van der Waals surface area contributed by atoms with E-state index in [0.717, 1.165) is 0 Å². The maximum atomic E-state index is 10.8. The summed E-state index contributed by atoms with van der Waals surface area (Å²) >= 11 is 0. The van der Waals surface area contributed by atoms with Crippen molar-refractivity contribution in [1.29, 1.82) is 0 Å². The van der Waals surface area contributed by atoms with Crippen LogP contribution < -0.4 is 5.32 Å². The van der Waals surface area contributed by atoms with Gasteiger partial charge in [0.05, 0.1) is 17.9 Å². The van der Waals surface area contributed by atoms with Crippen LogP contribution in [0.5, 0.6) is 0 Å². The van der Waals surface area contributed by atoms with Gasteiger partial charge in [0.2, 0.25) is 0 Å². The lowest BCUT2D eigenvalue weighted by Gasteiger charge is -2.21. The van der Waals surface area contributed by atoms with E-state index >= 15 is 0 Å². The highest BCUT2D eigenvalue weighted by Gasteiger charge is 2.34. The van der Waals surface area contributed by atoms with Gasteiger partial charge in [-0.3, -0.25) is 4.79 Å². The highest BCUT2D eigenvalue weighted by molar-refractivity contribution is 5.73. The van der Waals surface area contributed by atoms with Crippen molar-refractivity contribution in [3.63, 3.8) is 0 Å². The van der Waals surface area contributed by atoms with Crippen molar-refractivity contribution in [2.24, 2.45) is 0 Å². The molecule has 2 rings (SSSR count). The second-order valence-corrected chi connectivity index (χ2v) is 4.81. The monoisotopic (exact) mass is 240 g/mol. The zero-order valence-corrected chi connectivity index (χ0v) is 9.79. The molecule has 2 heterocycles. The lowest BCUT2D eigenvalue weighted by Crippen LogP contribution is -2.30. The van der Waals surface area contributed by atoms with Gasteiger partial charge in [0.1, 0.15) is 11.6 Å². The molecular formula is C10H16N4O3. The van der Waals surface area contributed by atoms with Gasteiger partial charge in [0.25, 0.3) is 0 Å². The number of hydrogen-bond acceptors (Lipinski definition) is 5. The minimum absolute atomic E-state index is 0.0833. The first-order chi connectivity index (χ1) is 7.89. The van der Waals surface area contributed by atoms with Gasteiger partial charge in [0.15, 0.2) is 0 Å². The van der Waals surface area contributed by atoms with Gasteiger partial charge in [0, 0.05) is 6.54 Å². The van der Waals surface area contributed by atoms with Crippen LogP contribution in [0.2, 0.25) is 0 Å². The molecule has 1 saturated heterocycles. The number of aromatic nitrogens is 3. The van der Waals surface area contributed by atoms with Crippen LogP contribution in [-0.4, -0.2) is 43.8 Å². The highest BCUT2D eigenvalue weighted by Crippen LogP contribution is 2.25. The van der Waals surface area contributed by atoms with Crippen molar-refractivity contribution in [2.45, 2.75) is 38.0 Å². The van der Waals surface area contributed by atoms with Crippen molar-refractivity contribution >= 4 is 5.97 Å². The fraction of sp³-hybridized carbons (Fsp3) is 0.700. The maximum Gasteiger partial charge on any atom is 0.320 e. The van der Waals surface area contributed by atoms with Crippen molar-refractivity contribution in [1.82, 2.24) is 20.3 Å². The van der Waals surface area contributed by atoms with Gasteiger partial charge in [-0.1, -0.05) is 5.21 Å². The zero-order valence-electron chi connectivity index (χ0n) is 9.79. The predicted molar refractivity (Wildman–Crippen MR) is 58.3 cm³/mol. The van der Waals surface area contributed by atoms with E-state index in [-0.39, 0.29) is 6.04 Å². The largest absolute Gasteiger partial charge is 0.480 e. The number of carboxylic acid groups (broad SMARTS) is 1. The molecule has 1 fully saturated rings. The zero-order chi connectivity index (χ0) is 12.6. The Morgan fingerprint density at radius 3 is 2.88 bits per heavy atom. The summed E-state index contributed by atoms with van der Waals surface area (Å²) in [7, 11) is 0. The Labute approximate surface area is 98.4 Å². The quantitative estimate of drug-likeness (QED) is 0.658. The van der Waals surface area contributed by atoms with E-state index in [2.05, 4.69) is 15.6 Å². The summed E-state index contributed by atoms with van der Waals surface area (Å²) < 4.78 is 1.61. The van der Waals surface area contributed by atoms with Crippen LogP contribution in [0.25, 0.3) is 0 Å². The first-order valence-corrected chi connectivity index (χ1v) is 5.49. The minimum Gasteiger partial charge on any atom is -0.480 e. The summed E-state index contributed by atoms with van der Waals surface area (Å²) in [6.07, 6.45) is 1.95. The Bertz CT molecular complexity index is 423. The molecule has 3 N–H and O–H groups in total. The van der Waals surface area contributed by atoms with Crippen LogP contribution in [-0.2, 0) is 10.4 Å². The molecule has 2 unspecified atom stereocenters. The number of aliphatic hydroxyl groups is 1. The molecule has 1 aliphatic rings. The molecular weight excluding hydrogens is 224 g/mol. The van der Waals surface area contributed by atoms with Crippen molar-refractivity contribution in [3.8, 4) is 0 Å². The van der Waals surface area contributed by atoms with E-state index in [9.17, 15) is 9.90 Å². The molecule has 0 spiro atoms. The molecule has 0 aromatic carbocycles. The smallest absolute Gasteiger partial charge is 0.320 e. The Morgan fingerprint density at radius 2 is 2.35 bits per heavy atom. The molecule has 1 aromatic heterocycles. The Morgan fingerprint density at radius 1 is 1.65 bits per heavy atom. The van der Waals surface area contributed by atoms with Gasteiger partial charge in [-0.25, -0.2) is 4.68 Å². The SMILES string of the molecule is CC(C)(O)c1cnnn1C1CNC(C(=O)O)C1. The van der Waals surface area contributed by atoms with Gasteiger partial charge in [-0.2, -0.15) is 0 Å². The van der Waals surface area contributed by atoms with Gasteiger partial charge < -0.3 is 15.5 Å². The van der Waals surface area contributed by atoms with Crippen LogP contribution in [0.4, 0.5) is 0 Å². The third kappa shape index (κ3) is 2.29. The summed E-state index contributed by atoms with van der Waals surface area (Å²) in [5.74, 6) is -0.863. The molecule has 0 radical (unpaired) electrons. The average Bonchev–Trinajstić information content (AvgIpc) is 2.85. The van der Waals surface area contributed by atoms with Crippen LogP contribution in [0.1, 0.15) is 32.0 Å². The maximum absolute atomic E-state index is 10.8. The van der Waals surface area contributed by atoms with Crippen LogP contribution >= 0.6 is 0 Å². The molecule has 0 saturated carbocycles. The molecule has 17 heavy (non-hydrogen) atoms. The standard InChI is InChI=1S/C10H16N4O3/c1-10(2,17)8-5-12-13-14(8)6-3-7(9(15)16)11-4-6/h5-7,11,17H,3-4H2,1-2H3,(H,15,16). The summed E-state index contributed by atoms with van der Waals surface area (Å²) in [6.45, 7) is 3.82. The predicted octanol–water partition coefficient (Wildman–Crippen LogP) is -0.507. The number of rotatable bonds is 3. The van der Waals surface area contributed by atoms with Crippen LogP contribution in [0.15, 0.2) is 6.20 Å². The van der Waals surface area contributed by atoms with Gasteiger partial charge in [-0.15, -0.1) is 5.10 Å². The number of carbonyl (C=O) groups is 1. The van der Waals surface area contributed by atoms with Gasteiger partial charge in [-0.05, 0) is 20.3 Å². The van der Waals surface area contributed by atoms with Crippen molar-refractivity contribution in [2.75, 3.05) is 6.54 Å². The van der Waals surface area contributed by atoms with E-state index < -0.39 is 17.6 Å². The van der Waals surface area contributed by atoms with Crippen LogP contribution in [0, 0.1) is 0 Å². The van der Waals surface area contributed by atoms with Gasteiger partial charge >= 0.3 is 5.97 Å². The fourth-order valence-electron chi connectivity index (χ4n) is 2.04. The minimum atomic E-state index is -1.04. The topological polar surface area (TPSA) is 100 Å². The normalized spacial score (nSPS) is 25.1. The molecule has 0 amide bonds. The summed E-state index contributed by atoms with van der Waals surface area (Å²) in [6, 6.07) is -0.640. The highest BCUT2D eigenvalue weighted by atomic mass is 16.4. The summed E-state index contributed by atoms with van der Waals surface area (Å²) in [5, 5.41) is 29.5. The number of carboxylic acids is 1. The molecule has 2 atom stereocenters. The first kappa shape index (κ1) is 12.0. The molecule has 7 heteroatoms. The average molecular weight is 240 g/mol. The molecule has 1 aromatic rings. The third-order valence-electron chi connectivity index (χ3n) is 2.95. The number of nitrogens with one attached hydrogen (secondary N) is 1. The van der Waals surface area contributed by atoms with E-state index in [1.807, 2.05) is 0 Å². The van der Waals surface area contributed by atoms with E-state index in [1.54, 1.807) is 18.5 Å². The van der Waals surface area contributed by atoms with E-state index in [0.29, 0.717) is 18.7 Å². The third-order valence-corrected chi connectivity index (χ3v) is 2.95. The molecule has 0 bridgehead atoms. The summed E-state index contributed by atoms with van der Waals surface area (Å²) in [5.41, 5.74) is -0.444. The van der Waals surface area contributed by atoms with E-state index in [4.69, 9.17) is 5.11 Å². The lowest BCUT2D eigenvalue weighted by atomic mass is 10.1. The number of nitrogens with zero attached hydrogens (tertiary/aromatic N) is 3.